The van der Waals surface area contributed by atoms with Gasteiger partial charge in [0.25, 0.3) is 11.7 Å². The molecule has 14 heavy (non-hydrogen) atoms. The lowest BCUT2D eigenvalue weighted by atomic mass is 10.3. The van der Waals surface area contributed by atoms with E-state index in [1.807, 2.05) is 24.3 Å². The molecule has 0 N–H and O–H groups in total. The topological polar surface area (TPSA) is 65.0 Å². The van der Waals surface area contributed by atoms with Gasteiger partial charge in [-0.1, -0.05) is 17.3 Å². The Morgan fingerprint density at radius 2 is 2.07 bits per heavy atom. The molecule has 0 aliphatic heterocycles. The van der Waals surface area contributed by atoms with Crippen LogP contribution in [0.5, 0.6) is 0 Å². The van der Waals surface area contributed by atoms with Gasteiger partial charge in [-0.25, -0.2) is 4.98 Å². The van der Waals surface area contributed by atoms with Crippen LogP contribution in [0.3, 0.4) is 0 Å². The number of hydrogen-bond acceptors (Lipinski definition) is 5. The van der Waals surface area contributed by atoms with E-state index in [1.54, 1.807) is 0 Å². The van der Waals surface area contributed by atoms with Gasteiger partial charge in [0.2, 0.25) is 6.39 Å². The van der Waals surface area contributed by atoms with Crippen molar-refractivity contribution >= 4 is 11.1 Å². The maximum Gasteiger partial charge on any atom is 0.269 e. The van der Waals surface area contributed by atoms with Gasteiger partial charge < -0.3 is 8.94 Å². The predicted molar refractivity (Wildman–Crippen MR) is 47.3 cm³/mol. The number of hydrogen-bond donors (Lipinski definition) is 0. The quantitative estimate of drug-likeness (QED) is 0.581. The summed E-state index contributed by atoms with van der Waals surface area (Å²) in [6, 6.07) is 7.48. The van der Waals surface area contributed by atoms with Crippen LogP contribution >= 0.6 is 0 Å². The summed E-state index contributed by atoms with van der Waals surface area (Å²) < 4.78 is 10.0. The SMILES string of the molecule is c1ccc2oc(-c3ncon3)nc2c1. The molecule has 0 fully saturated rings. The van der Waals surface area contributed by atoms with Crippen molar-refractivity contribution in [1.82, 2.24) is 15.1 Å². The van der Waals surface area contributed by atoms with Crippen molar-refractivity contribution in [2.24, 2.45) is 0 Å². The standard InChI is InChI=1S/C9H5N3O2/c1-2-4-7-6(3-1)11-9(14-7)8-10-5-13-12-8/h1-5H. The summed E-state index contributed by atoms with van der Waals surface area (Å²) in [6.07, 6.45) is 1.24. The van der Waals surface area contributed by atoms with E-state index in [4.69, 9.17) is 4.42 Å². The van der Waals surface area contributed by atoms with Crippen molar-refractivity contribution in [3.63, 3.8) is 0 Å². The van der Waals surface area contributed by atoms with Crippen molar-refractivity contribution in [3.8, 4) is 11.7 Å². The molecule has 0 saturated carbocycles. The Labute approximate surface area is 78.4 Å². The van der Waals surface area contributed by atoms with Crippen LogP contribution < -0.4 is 0 Å². The molecule has 0 unspecified atom stereocenters. The molecule has 5 heteroatoms. The number of rotatable bonds is 1. The Morgan fingerprint density at radius 3 is 2.86 bits per heavy atom. The molecule has 1 aromatic carbocycles. The first-order valence-electron chi connectivity index (χ1n) is 4.06. The number of fused-ring (bicyclic) bond motifs is 1. The molecule has 68 valence electrons. The first kappa shape index (κ1) is 7.25. The summed E-state index contributed by atoms with van der Waals surface area (Å²) in [4.78, 5) is 8.05. The smallest absolute Gasteiger partial charge is 0.269 e. The summed E-state index contributed by atoms with van der Waals surface area (Å²) in [5, 5.41) is 3.64. The summed E-state index contributed by atoms with van der Waals surface area (Å²) in [6.45, 7) is 0. The fourth-order valence-electron chi connectivity index (χ4n) is 1.23. The molecule has 0 bridgehead atoms. The number of para-hydroxylation sites is 2. The number of nitrogens with zero attached hydrogens (tertiary/aromatic N) is 3. The molecule has 3 rings (SSSR count). The molecule has 2 aromatic heterocycles. The van der Waals surface area contributed by atoms with Crippen LogP contribution in [0.25, 0.3) is 22.8 Å². The van der Waals surface area contributed by atoms with E-state index in [0.717, 1.165) is 5.52 Å². The molecule has 0 atom stereocenters. The van der Waals surface area contributed by atoms with E-state index < -0.39 is 0 Å². The monoisotopic (exact) mass is 187 g/mol. The number of benzene rings is 1. The van der Waals surface area contributed by atoms with Crippen LogP contribution in [0, 0.1) is 0 Å². The van der Waals surface area contributed by atoms with Gasteiger partial charge in [-0.3, -0.25) is 0 Å². The van der Waals surface area contributed by atoms with Gasteiger partial charge in [-0.05, 0) is 12.1 Å². The maximum atomic E-state index is 5.42. The van der Waals surface area contributed by atoms with Crippen LogP contribution in [0.4, 0.5) is 0 Å². The Bertz CT molecular complexity index is 523. The minimum absolute atomic E-state index is 0.362. The fraction of sp³-hybridized carbons (Fsp3) is 0. The summed E-state index contributed by atoms with van der Waals surface area (Å²) in [5.74, 6) is 0.737. The molecule has 0 radical (unpaired) electrons. The van der Waals surface area contributed by atoms with Crippen LogP contribution in [0.1, 0.15) is 0 Å². The zero-order valence-electron chi connectivity index (χ0n) is 7.04. The highest BCUT2D eigenvalue weighted by atomic mass is 16.5. The Balaban J connectivity index is 2.24. The van der Waals surface area contributed by atoms with Gasteiger partial charge in [0.05, 0.1) is 0 Å². The predicted octanol–water partition coefficient (Wildman–Crippen LogP) is 1.88. The fourth-order valence-corrected chi connectivity index (χ4v) is 1.23. The highest BCUT2D eigenvalue weighted by molar-refractivity contribution is 5.74. The van der Waals surface area contributed by atoms with Crippen molar-refractivity contribution in [3.05, 3.63) is 30.7 Å². The minimum Gasteiger partial charge on any atom is -0.433 e. The summed E-state index contributed by atoms with van der Waals surface area (Å²) >= 11 is 0. The van der Waals surface area contributed by atoms with Crippen LogP contribution in [0.15, 0.2) is 39.6 Å². The first-order chi connectivity index (χ1) is 6.93. The molecule has 2 heterocycles. The van der Waals surface area contributed by atoms with Gasteiger partial charge in [0, 0.05) is 0 Å². The first-order valence-corrected chi connectivity index (χ1v) is 4.06. The Hall–Kier alpha value is -2.17. The third kappa shape index (κ3) is 0.990. The van der Waals surface area contributed by atoms with Crippen molar-refractivity contribution in [1.29, 1.82) is 0 Å². The maximum absolute atomic E-state index is 5.42. The van der Waals surface area contributed by atoms with Gasteiger partial charge in [-0.2, -0.15) is 4.98 Å². The minimum atomic E-state index is 0.362. The molecule has 0 aliphatic rings. The zero-order chi connectivity index (χ0) is 9.38. The van der Waals surface area contributed by atoms with E-state index in [1.165, 1.54) is 6.39 Å². The van der Waals surface area contributed by atoms with Crippen molar-refractivity contribution < 1.29 is 8.94 Å². The zero-order valence-corrected chi connectivity index (χ0v) is 7.04. The van der Waals surface area contributed by atoms with Gasteiger partial charge >= 0.3 is 0 Å². The van der Waals surface area contributed by atoms with Crippen molar-refractivity contribution in [2.75, 3.05) is 0 Å². The third-order valence-corrected chi connectivity index (χ3v) is 1.85. The van der Waals surface area contributed by atoms with Crippen LogP contribution in [-0.2, 0) is 0 Å². The largest absolute Gasteiger partial charge is 0.433 e. The third-order valence-electron chi connectivity index (χ3n) is 1.85. The molecule has 3 aromatic rings. The number of oxazole rings is 1. The van der Waals surface area contributed by atoms with Gasteiger partial charge in [-0.15, -0.1) is 0 Å². The molecule has 0 spiro atoms. The Kier molecular flexibility index (Phi) is 1.38. The normalized spacial score (nSPS) is 10.9. The molecule has 5 nitrogen and oxygen atoms in total. The average Bonchev–Trinajstić information content (AvgIpc) is 2.86. The lowest BCUT2D eigenvalue weighted by molar-refractivity contribution is 0.416. The second kappa shape index (κ2) is 2.66. The summed E-state index contributed by atoms with van der Waals surface area (Å²) in [5.41, 5.74) is 1.50. The lowest BCUT2D eigenvalue weighted by Gasteiger charge is -1.80. The van der Waals surface area contributed by atoms with Gasteiger partial charge in [0.1, 0.15) is 5.52 Å². The van der Waals surface area contributed by atoms with Gasteiger partial charge in [0.15, 0.2) is 5.58 Å². The van der Waals surface area contributed by atoms with E-state index in [0.29, 0.717) is 17.3 Å². The highest BCUT2D eigenvalue weighted by Gasteiger charge is 2.10. The second-order valence-electron chi connectivity index (χ2n) is 2.74. The van der Waals surface area contributed by atoms with Crippen LogP contribution in [0.2, 0.25) is 0 Å². The molecule has 0 amide bonds. The Morgan fingerprint density at radius 1 is 1.14 bits per heavy atom. The number of aromatic nitrogens is 3. The molecule has 0 saturated heterocycles. The van der Waals surface area contributed by atoms with E-state index >= 15 is 0 Å². The van der Waals surface area contributed by atoms with Crippen LogP contribution in [-0.4, -0.2) is 15.1 Å². The highest BCUT2D eigenvalue weighted by Crippen LogP contribution is 2.20. The molecular formula is C9H5N3O2. The average molecular weight is 187 g/mol. The second-order valence-corrected chi connectivity index (χ2v) is 2.74. The lowest BCUT2D eigenvalue weighted by Crippen LogP contribution is -1.77. The van der Waals surface area contributed by atoms with E-state index in [-0.39, 0.29) is 0 Å². The summed E-state index contributed by atoms with van der Waals surface area (Å²) in [7, 11) is 0. The molecular weight excluding hydrogens is 182 g/mol. The van der Waals surface area contributed by atoms with E-state index in [9.17, 15) is 0 Å². The molecule has 0 aliphatic carbocycles. The van der Waals surface area contributed by atoms with E-state index in [2.05, 4.69) is 19.6 Å². The van der Waals surface area contributed by atoms with Crippen molar-refractivity contribution in [2.45, 2.75) is 0 Å².